The maximum atomic E-state index is 6.52. The van der Waals surface area contributed by atoms with Gasteiger partial charge >= 0.3 is 0 Å². The second-order valence-electron chi connectivity index (χ2n) is 5.87. The molecule has 0 fully saturated rings. The molecule has 0 spiro atoms. The normalized spacial score (nSPS) is 10.3. The first kappa shape index (κ1) is 20.8. The summed E-state index contributed by atoms with van der Waals surface area (Å²) in [5.74, 6) is 6.61. The van der Waals surface area contributed by atoms with Crippen LogP contribution in [0.3, 0.4) is 0 Å². The van der Waals surface area contributed by atoms with Gasteiger partial charge in [0.05, 0.1) is 6.61 Å². The van der Waals surface area contributed by atoms with Gasteiger partial charge in [0.15, 0.2) is 0 Å². The standard InChI is InChI=1S/C22H24BrClO2/c1-3-5-12-25-13-6-7-18-16-22(24)19(15-21(18)23)14-17-8-10-20(11-9-17)26-4-2/h8-11,15-16H,4,6-7,12-14H2,1-2H3. The molecule has 0 saturated heterocycles. The van der Waals surface area contributed by atoms with Crippen molar-refractivity contribution in [2.45, 2.75) is 33.1 Å². The van der Waals surface area contributed by atoms with Crippen molar-refractivity contribution in [2.75, 3.05) is 19.8 Å². The largest absolute Gasteiger partial charge is 0.494 e. The quantitative estimate of drug-likeness (QED) is 0.352. The molecule has 138 valence electrons. The van der Waals surface area contributed by atoms with Crippen LogP contribution in [0.15, 0.2) is 40.9 Å². The molecule has 26 heavy (non-hydrogen) atoms. The zero-order valence-electron chi connectivity index (χ0n) is 15.3. The Hall–Kier alpha value is -1.47. The molecule has 0 atom stereocenters. The lowest BCUT2D eigenvalue weighted by atomic mass is 10.0. The molecule has 0 bridgehead atoms. The predicted octanol–water partition coefficient (Wildman–Crippen LogP) is 6.06. The third kappa shape index (κ3) is 6.68. The molecule has 4 heteroatoms. The van der Waals surface area contributed by atoms with Gasteiger partial charge in [-0.25, -0.2) is 0 Å². The van der Waals surface area contributed by atoms with E-state index in [9.17, 15) is 0 Å². The van der Waals surface area contributed by atoms with Crippen LogP contribution in [0.25, 0.3) is 0 Å². The van der Waals surface area contributed by atoms with Gasteiger partial charge in [0.2, 0.25) is 0 Å². The van der Waals surface area contributed by atoms with E-state index in [1.807, 2.05) is 26.0 Å². The number of hydrogen-bond donors (Lipinski definition) is 0. The first-order chi connectivity index (χ1) is 12.6. The molecule has 2 rings (SSSR count). The number of halogens is 2. The molecule has 0 aliphatic rings. The minimum atomic E-state index is 0.499. The molecule has 0 aliphatic heterocycles. The highest BCUT2D eigenvalue weighted by molar-refractivity contribution is 9.10. The molecule has 0 aromatic heterocycles. The zero-order chi connectivity index (χ0) is 18.8. The zero-order valence-corrected chi connectivity index (χ0v) is 17.6. The molecule has 0 N–H and O–H groups in total. The molecule has 2 aromatic carbocycles. The predicted molar refractivity (Wildman–Crippen MR) is 112 cm³/mol. The van der Waals surface area contributed by atoms with Gasteiger partial charge < -0.3 is 9.47 Å². The van der Waals surface area contributed by atoms with Crippen molar-refractivity contribution in [3.63, 3.8) is 0 Å². The van der Waals surface area contributed by atoms with E-state index in [2.05, 4.69) is 52.0 Å². The number of rotatable bonds is 9. The van der Waals surface area contributed by atoms with E-state index >= 15 is 0 Å². The van der Waals surface area contributed by atoms with Crippen molar-refractivity contribution in [1.29, 1.82) is 0 Å². The summed E-state index contributed by atoms with van der Waals surface area (Å²) in [4.78, 5) is 0. The van der Waals surface area contributed by atoms with Gasteiger partial charge in [-0.3, -0.25) is 0 Å². The number of ether oxygens (including phenoxy) is 2. The van der Waals surface area contributed by atoms with Crippen molar-refractivity contribution in [3.05, 3.63) is 62.6 Å². The van der Waals surface area contributed by atoms with Crippen LogP contribution in [0.5, 0.6) is 5.75 Å². The van der Waals surface area contributed by atoms with E-state index in [0.717, 1.165) is 40.1 Å². The highest BCUT2D eigenvalue weighted by Crippen LogP contribution is 2.29. The van der Waals surface area contributed by atoms with E-state index in [0.29, 0.717) is 19.8 Å². The van der Waals surface area contributed by atoms with Gasteiger partial charge in [-0.2, -0.15) is 0 Å². The van der Waals surface area contributed by atoms with E-state index in [4.69, 9.17) is 21.1 Å². The van der Waals surface area contributed by atoms with Crippen LogP contribution in [0.4, 0.5) is 0 Å². The number of aryl methyl sites for hydroxylation is 1. The van der Waals surface area contributed by atoms with Crippen LogP contribution < -0.4 is 4.74 Å². The fourth-order valence-electron chi connectivity index (χ4n) is 2.61. The Morgan fingerprint density at radius 1 is 1.12 bits per heavy atom. The Balaban J connectivity index is 1.95. The van der Waals surface area contributed by atoms with Crippen LogP contribution >= 0.6 is 27.5 Å². The fourth-order valence-corrected chi connectivity index (χ4v) is 3.45. The summed E-state index contributed by atoms with van der Waals surface area (Å²) in [7, 11) is 0. The van der Waals surface area contributed by atoms with E-state index in [1.54, 1.807) is 0 Å². The van der Waals surface area contributed by atoms with Crippen LogP contribution in [0.2, 0.25) is 5.02 Å². The van der Waals surface area contributed by atoms with E-state index < -0.39 is 0 Å². The number of benzene rings is 2. The van der Waals surface area contributed by atoms with E-state index in [-0.39, 0.29) is 0 Å². The van der Waals surface area contributed by atoms with Gasteiger partial charge in [-0.15, -0.1) is 5.92 Å². The monoisotopic (exact) mass is 434 g/mol. The summed E-state index contributed by atoms with van der Waals surface area (Å²) in [6.07, 6.45) is 2.66. The average Bonchev–Trinajstić information content (AvgIpc) is 2.63. The summed E-state index contributed by atoms with van der Waals surface area (Å²) in [5, 5.41) is 0.801. The Labute approximate surface area is 170 Å². The topological polar surface area (TPSA) is 18.5 Å². The van der Waals surface area contributed by atoms with Gasteiger partial charge in [-0.05, 0) is 74.1 Å². The maximum absolute atomic E-state index is 6.52. The summed E-state index contributed by atoms with van der Waals surface area (Å²) in [6, 6.07) is 12.3. The highest BCUT2D eigenvalue weighted by atomic mass is 79.9. The molecule has 2 nitrogen and oxygen atoms in total. The maximum Gasteiger partial charge on any atom is 0.119 e. The summed E-state index contributed by atoms with van der Waals surface area (Å²) >= 11 is 10.2. The summed E-state index contributed by atoms with van der Waals surface area (Å²) in [5.41, 5.74) is 3.52. The first-order valence-corrected chi connectivity index (χ1v) is 9.97. The van der Waals surface area contributed by atoms with Gasteiger partial charge in [-0.1, -0.05) is 45.6 Å². The number of hydrogen-bond acceptors (Lipinski definition) is 2. The molecule has 0 heterocycles. The van der Waals surface area contributed by atoms with E-state index in [1.165, 1.54) is 11.1 Å². The lowest BCUT2D eigenvalue weighted by Crippen LogP contribution is -1.99. The Kier molecular flexibility index (Phi) is 9.05. The molecular weight excluding hydrogens is 412 g/mol. The SMILES string of the molecule is CC#CCOCCCc1cc(Cl)c(Cc2ccc(OCC)cc2)cc1Br. The molecule has 2 aromatic rings. The van der Waals surface area contributed by atoms with Gasteiger partial charge in [0.25, 0.3) is 0 Å². The second kappa shape index (κ2) is 11.3. The molecule has 0 saturated carbocycles. The smallest absolute Gasteiger partial charge is 0.119 e. The van der Waals surface area contributed by atoms with Crippen LogP contribution in [0, 0.1) is 11.8 Å². The molecule has 0 amide bonds. The summed E-state index contributed by atoms with van der Waals surface area (Å²) in [6.45, 7) is 5.68. The third-order valence-corrected chi connectivity index (χ3v) is 5.02. The molecular formula is C22H24BrClO2. The van der Waals surface area contributed by atoms with Crippen LogP contribution in [0.1, 0.15) is 37.0 Å². The lowest BCUT2D eigenvalue weighted by Gasteiger charge is -2.11. The third-order valence-electron chi connectivity index (χ3n) is 3.93. The second-order valence-corrected chi connectivity index (χ2v) is 7.13. The van der Waals surface area contributed by atoms with Crippen molar-refractivity contribution < 1.29 is 9.47 Å². The first-order valence-electron chi connectivity index (χ1n) is 8.80. The molecule has 0 radical (unpaired) electrons. The lowest BCUT2D eigenvalue weighted by molar-refractivity contribution is 0.164. The summed E-state index contributed by atoms with van der Waals surface area (Å²) < 4.78 is 12.0. The van der Waals surface area contributed by atoms with Gasteiger partial charge in [0, 0.05) is 16.1 Å². The van der Waals surface area contributed by atoms with Crippen LogP contribution in [-0.2, 0) is 17.6 Å². The van der Waals surface area contributed by atoms with Crippen LogP contribution in [-0.4, -0.2) is 19.8 Å². The highest BCUT2D eigenvalue weighted by Gasteiger charge is 2.08. The van der Waals surface area contributed by atoms with Crippen molar-refractivity contribution in [2.24, 2.45) is 0 Å². The minimum Gasteiger partial charge on any atom is -0.494 e. The molecule has 0 aliphatic carbocycles. The van der Waals surface area contributed by atoms with Crippen molar-refractivity contribution in [1.82, 2.24) is 0 Å². The Morgan fingerprint density at radius 2 is 1.88 bits per heavy atom. The fraction of sp³-hybridized carbons (Fsp3) is 0.364. The average molecular weight is 436 g/mol. The van der Waals surface area contributed by atoms with Crippen molar-refractivity contribution >= 4 is 27.5 Å². The Morgan fingerprint density at radius 3 is 2.58 bits per heavy atom. The minimum absolute atomic E-state index is 0.499. The van der Waals surface area contributed by atoms with Crippen molar-refractivity contribution in [3.8, 4) is 17.6 Å². The molecule has 0 unspecified atom stereocenters. The Bertz CT molecular complexity index is 760. The van der Waals surface area contributed by atoms with Gasteiger partial charge in [0.1, 0.15) is 12.4 Å².